The number of quaternary nitrogens is 1. The quantitative estimate of drug-likeness (QED) is 0.663. The first kappa shape index (κ1) is 18.3. The first-order valence-corrected chi connectivity index (χ1v) is 11.1. The monoisotopic (exact) mass is 374 g/mol. The van der Waals surface area contributed by atoms with Crippen molar-refractivity contribution in [3.8, 4) is 0 Å². The second-order valence-corrected chi connectivity index (χ2v) is 11.4. The zero-order valence-corrected chi connectivity index (χ0v) is 18.0. The number of rotatable bonds is 2. The molecule has 3 heteroatoms. The molecule has 0 unspecified atom stereocenters. The molecule has 0 radical (unpaired) electrons. The molecule has 2 aromatic rings. The fraction of sp³-hybridized carbons (Fsp3) is 0.333. The lowest BCUT2D eigenvalue weighted by atomic mass is 9.95. The van der Waals surface area contributed by atoms with Gasteiger partial charge in [-0.25, -0.2) is 0 Å². The van der Waals surface area contributed by atoms with Gasteiger partial charge in [-0.15, -0.1) is 0 Å². The minimum Gasteiger partial charge on any atom is -0.325 e. The summed E-state index contributed by atoms with van der Waals surface area (Å²) < 4.78 is 14.4. The molecule has 0 heterocycles. The minimum absolute atomic E-state index is 0.0749. The van der Waals surface area contributed by atoms with Crippen LogP contribution in [0.25, 0.3) is 11.1 Å². The van der Waals surface area contributed by atoms with Crippen LogP contribution in [0.3, 0.4) is 0 Å². The third-order valence-electron chi connectivity index (χ3n) is 6.50. The van der Waals surface area contributed by atoms with Crippen LogP contribution in [0.4, 0.5) is 0 Å². The molecule has 0 bridgehead atoms. The SMILES string of the molecule is CC(C)(C)[N+](C)(C)[Si](=O)C1=C2C(=CC1)c1ccccc1Cc1ccccc12. The van der Waals surface area contributed by atoms with Crippen molar-refractivity contribution in [2.45, 2.75) is 39.2 Å². The molecule has 0 spiro atoms. The van der Waals surface area contributed by atoms with Crippen LogP contribution in [-0.4, -0.2) is 32.6 Å². The Morgan fingerprint density at radius 3 is 2.07 bits per heavy atom. The fourth-order valence-electron chi connectivity index (χ4n) is 4.02. The van der Waals surface area contributed by atoms with E-state index < -0.39 is 8.84 Å². The first-order valence-electron chi connectivity index (χ1n) is 9.71. The van der Waals surface area contributed by atoms with E-state index in [0.29, 0.717) is 4.15 Å². The van der Waals surface area contributed by atoms with Gasteiger partial charge in [0.2, 0.25) is 0 Å². The Morgan fingerprint density at radius 2 is 1.44 bits per heavy atom. The highest BCUT2D eigenvalue weighted by molar-refractivity contribution is 6.49. The highest BCUT2D eigenvalue weighted by Gasteiger charge is 2.46. The Labute approximate surface area is 164 Å². The van der Waals surface area contributed by atoms with Crippen molar-refractivity contribution in [2.75, 3.05) is 14.1 Å². The maximum atomic E-state index is 13.9. The maximum Gasteiger partial charge on any atom is 0.588 e. The van der Waals surface area contributed by atoms with Gasteiger partial charge < -0.3 is 8.61 Å². The number of hydrogen-bond donors (Lipinski definition) is 0. The van der Waals surface area contributed by atoms with Crippen LogP contribution < -0.4 is 0 Å². The van der Waals surface area contributed by atoms with Crippen LogP contribution in [0.5, 0.6) is 0 Å². The lowest BCUT2D eigenvalue weighted by molar-refractivity contribution is -0.837. The number of fused-ring (bicyclic) bond motifs is 5. The van der Waals surface area contributed by atoms with E-state index in [1.54, 1.807) is 0 Å². The Hall–Kier alpha value is -2.10. The van der Waals surface area contributed by atoms with Gasteiger partial charge >= 0.3 is 8.84 Å². The molecule has 0 N–H and O–H groups in total. The second kappa shape index (κ2) is 6.22. The normalized spacial score (nSPS) is 16.3. The van der Waals surface area contributed by atoms with Crippen LogP contribution in [0, 0.1) is 0 Å². The largest absolute Gasteiger partial charge is 0.588 e. The zero-order chi connectivity index (χ0) is 19.4. The number of benzene rings is 2. The molecular formula is C24H28NOSi+. The van der Waals surface area contributed by atoms with E-state index in [1.165, 1.54) is 33.4 Å². The van der Waals surface area contributed by atoms with Gasteiger partial charge in [0.1, 0.15) is 0 Å². The fourth-order valence-corrected chi connectivity index (χ4v) is 6.06. The molecule has 0 aliphatic heterocycles. The molecule has 0 fully saturated rings. The molecule has 0 saturated carbocycles. The smallest absolute Gasteiger partial charge is 0.325 e. The van der Waals surface area contributed by atoms with Gasteiger partial charge in [-0.3, -0.25) is 0 Å². The second-order valence-electron chi connectivity index (χ2n) is 9.10. The van der Waals surface area contributed by atoms with Gasteiger partial charge in [-0.2, -0.15) is 0 Å². The van der Waals surface area contributed by atoms with Crippen LogP contribution in [0.15, 0.2) is 59.8 Å². The molecule has 2 nitrogen and oxygen atoms in total. The molecule has 2 aliphatic rings. The van der Waals surface area contributed by atoms with Gasteiger partial charge in [0.15, 0.2) is 0 Å². The van der Waals surface area contributed by atoms with Crippen molar-refractivity contribution >= 4 is 20.0 Å². The number of nitrogens with zero attached hydrogens (tertiary/aromatic N) is 1. The predicted octanol–water partition coefficient (Wildman–Crippen LogP) is 5.16. The van der Waals surface area contributed by atoms with Crippen LogP contribution in [-0.2, 0) is 10.9 Å². The lowest BCUT2D eigenvalue weighted by Gasteiger charge is -2.41. The van der Waals surface area contributed by atoms with Gasteiger partial charge in [-0.05, 0) is 67.0 Å². The molecule has 0 aromatic heterocycles. The predicted molar refractivity (Wildman–Crippen MR) is 114 cm³/mol. The highest BCUT2D eigenvalue weighted by Crippen LogP contribution is 2.46. The van der Waals surface area contributed by atoms with E-state index in [2.05, 4.69) is 89.5 Å². The first-order chi connectivity index (χ1) is 12.7. The molecule has 0 atom stereocenters. The van der Waals surface area contributed by atoms with Crippen molar-refractivity contribution in [1.29, 1.82) is 0 Å². The van der Waals surface area contributed by atoms with Gasteiger partial charge in [0, 0.05) is 5.20 Å². The Morgan fingerprint density at radius 1 is 0.889 bits per heavy atom. The molecule has 27 heavy (non-hydrogen) atoms. The lowest BCUT2D eigenvalue weighted by Crippen LogP contribution is -2.60. The van der Waals surface area contributed by atoms with Gasteiger partial charge in [0.25, 0.3) is 0 Å². The summed E-state index contributed by atoms with van der Waals surface area (Å²) in [6.07, 6.45) is 4.03. The molecule has 138 valence electrons. The van der Waals surface area contributed by atoms with Crippen molar-refractivity contribution in [3.63, 3.8) is 0 Å². The molecular weight excluding hydrogens is 346 g/mol. The maximum absolute atomic E-state index is 13.9. The average Bonchev–Trinajstić information content (AvgIpc) is 2.99. The summed E-state index contributed by atoms with van der Waals surface area (Å²) in [5.41, 5.74) is 7.69. The molecule has 2 aromatic carbocycles. The average molecular weight is 375 g/mol. The summed E-state index contributed by atoms with van der Waals surface area (Å²) in [4.78, 5) is 0. The third-order valence-corrected chi connectivity index (χ3v) is 9.16. The van der Waals surface area contributed by atoms with E-state index in [-0.39, 0.29) is 5.54 Å². The molecule has 4 rings (SSSR count). The topological polar surface area (TPSA) is 17.1 Å². The highest BCUT2D eigenvalue weighted by atomic mass is 28.3. The van der Waals surface area contributed by atoms with Crippen LogP contribution in [0.2, 0.25) is 0 Å². The number of allylic oxidation sites excluding steroid dienone is 4. The summed E-state index contributed by atoms with van der Waals surface area (Å²) in [5, 5.41) is 1.14. The third kappa shape index (κ3) is 2.81. The summed E-state index contributed by atoms with van der Waals surface area (Å²) in [7, 11) is 2.21. The Bertz CT molecular complexity index is 1010. The standard InChI is InChI=1S/C24H28NOSi/c1-24(2,3)25(4,5)27(26)22-15-14-21-19-12-8-6-10-17(19)16-18-11-7-9-13-20(18)23(21)22/h6-14H,15-16H2,1-5H3/q+1. The zero-order valence-electron chi connectivity index (χ0n) is 17.0. The van der Waals surface area contributed by atoms with E-state index in [9.17, 15) is 4.46 Å². The summed E-state index contributed by atoms with van der Waals surface area (Å²) >= 11 is 0. The summed E-state index contributed by atoms with van der Waals surface area (Å²) in [6.45, 7) is 6.54. The molecule has 2 aliphatic carbocycles. The van der Waals surface area contributed by atoms with Crippen molar-refractivity contribution < 1.29 is 8.61 Å². The number of hydrogen-bond acceptors (Lipinski definition) is 1. The van der Waals surface area contributed by atoms with E-state index >= 15 is 0 Å². The van der Waals surface area contributed by atoms with Gasteiger partial charge in [-0.1, -0.05) is 54.6 Å². The molecule has 0 amide bonds. The van der Waals surface area contributed by atoms with Gasteiger partial charge in [0.05, 0.1) is 19.6 Å². The summed E-state index contributed by atoms with van der Waals surface area (Å²) in [6, 6.07) is 17.3. The van der Waals surface area contributed by atoms with E-state index in [4.69, 9.17) is 0 Å². The molecule has 0 saturated heterocycles. The van der Waals surface area contributed by atoms with Crippen LogP contribution in [0.1, 0.15) is 49.4 Å². The van der Waals surface area contributed by atoms with Crippen molar-refractivity contribution in [1.82, 2.24) is 0 Å². The Kier molecular flexibility index (Phi) is 4.21. The van der Waals surface area contributed by atoms with E-state index in [1.807, 2.05) is 0 Å². The van der Waals surface area contributed by atoms with Crippen molar-refractivity contribution in [2.24, 2.45) is 0 Å². The van der Waals surface area contributed by atoms with Crippen molar-refractivity contribution in [3.05, 3.63) is 82.1 Å². The van der Waals surface area contributed by atoms with E-state index in [0.717, 1.165) is 18.0 Å². The Balaban J connectivity index is 1.97. The summed E-state index contributed by atoms with van der Waals surface area (Å²) in [5.74, 6) is 0. The minimum atomic E-state index is -2.01. The van der Waals surface area contributed by atoms with Crippen LogP contribution >= 0.6 is 0 Å².